The van der Waals surface area contributed by atoms with Crippen molar-refractivity contribution in [1.82, 2.24) is 15.1 Å². The minimum Gasteiger partial charge on any atom is -0.496 e. The van der Waals surface area contributed by atoms with Crippen LogP contribution in [-0.2, 0) is 17.5 Å². The summed E-state index contributed by atoms with van der Waals surface area (Å²) in [6, 6.07) is 4.06. The Kier molecular flexibility index (Phi) is 5.10. The molecule has 1 aromatic carbocycles. The third kappa shape index (κ3) is 4.24. The SMILES string of the molecule is COc1ccc(F)cc1C(C)NC(=O)Cn1ccc(C(F)(F)F)n1. The zero-order chi connectivity index (χ0) is 17.9. The number of methoxy groups -OCH3 is 1. The number of halogens is 4. The number of benzene rings is 1. The molecule has 1 N–H and O–H groups in total. The summed E-state index contributed by atoms with van der Waals surface area (Å²) in [7, 11) is 1.41. The Morgan fingerprint density at radius 2 is 2.08 bits per heavy atom. The minimum atomic E-state index is -4.57. The minimum absolute atomic E-state index is 0.391. The molecule has 0 fully saturated rings. The first-order chi connectivity index (χ1) is 11.2. The number of carbonyl (C=O) groups is 1. The number of nitrogens with one attached hydrogen (secondary N) is 1. The van der Waals surface area contributed by atoms with Crippen molar-refractivity contribution in [2.24, 2.45) is 0 Å². The van der Waals surface area contributed by atoms with Crippen LogP contribution in [0.1, 0.15) is 24.2 Å². The van der Waals surface area contributed by atoms with E-state index >= 15 is 0 Å². The molecule has 1 atom stereocenters. The van der Waals surface area contributed by atoms with E-state index in [0.717, 1.165) is 16.9 Å². The molecule has 2 rings (SSSR count). The average Bonchev–Trinajstić information content (AvgIpc) is 2.95. The summed E-state index contributed by atoms with van der Waals surface area (Å²) in [4.78, 5) is 12.0. The fourth-order valence-electron chi connectivity index (χ4n) is 2.16. The van der Waals surface area contributed by atoms with Gasteiger partial charge in [-0.05, 0) is 31.2 Å². The summed E-state index contributed by atoms with van der Waals surface area (Å²) < 4.78 is 56.7. The van der Waals surface area contributed by atoms with Crippen LogP contribution in [0.5, 0.6) is 5.75 Å². The Hall–Kier alpha value is -2.58. The zero-order valence-electron chi connectivity index (χ0n) is 12.9. The van der Waals surface area contributed by atoms with E-state index in [-0.39, 0.29) is 0 Å². The van der Waals surface area contributed by atoms with Crippen LogP contribution in [-0.4, -0.2) is 22.8 Å². The smallest absolute Gasteiger partial charge is 0.435 e. The largest absolute Gasteiger partial charge is 0.496 e. The molecule has 130 valence electrons. The van der Waals surface area contributed by atoms with Gasteiger partial charge in [-0.25, -0.2) is 4.39 Å². The molecule has 0 saturated carbocycles. The van der Waals surface area contributed by atoms with Crippen LogP contribution >= 0.6 is 0 Å². The van der Waals surface area contributed by atoms with Gasteiger partial charge < -0.3 is 10.1 Å². The number of rotatable bonds is 5. The van der Waals surface area contributed by atoms with Crippen LogP contribution in [0.3, 0.4) is 0 Å². The highest BCUT2D eigenvalue weighted by Crippen LogP contribution is 2.27. The van der Waals surface area contributed by atoms with Gasteiger partial charge in [0.25, 0.3) is 0 Å². The quantitative estimate of drug-likeness (QED) is 0.848. The molecule has 0 spiro atoms. The lowest BCUT2D eigenvalue weighted by Gasteiger charge is -2.17. The van der Waals surface area contributed by atoms with Gasteiger partial charge in [-0.1, -0.05) is 0 Å². The van der Waals surface area contributed by atoms with Crippen molar-refractivity contribution < 1.29 is 27.1 Å². The lowest BCUT2D eigenvalue weighted by atomic mass is 10.1. The van der Waals surface area contributed by atoms with Gasteiger partial charge in [-0.15, -0.1) is 0 Å². The predicted octanol–water partition coefficient (Wildman–Crippen LogP) is 2.93. The van der Waals surface area contributed by atoms with Gasteiger partial charge in [0.2, 0.25) is 5.91 Å². The van der Waals surface area contributed by atoms with Crippen LogP contribution in [0.25, 0.3) is 0 Å². The molecular weight excluding hydrogens is 330 g/mol. The molecule has 2 aromatic rings. The van der Waals surface area contributed by atoms with E-state index in [1.807, 2.05) is 0 Å². The van der Waals surface area contributed by atoms with Gasteiger partial charge in [0.05, 0.1) is 13.2 Å². The van der Waals surface area contributed by atoms with Crippen LogP contribution in [0.2, 0.25) is 0 Å². The summed E-state index contributed by atoms with van der Waals surface area (Å²) in [6.45, 7) is 1.22. The first-order valence-corrected chi connectivity index (χ1v) is 6.94. The highest BCUT2D eigenvalue weighted by Gasteiger charge is 2.33. The number of hydrogen-bond donors (Lipinski definition) is 1. The summed E-state index contributed by atoms with van der Waals surface area (Å²) in [6.07, 6.45) is -3.50. The molecule has 0 aliphatic heterocycles. The first kappa shape index (κ1) is 17.8. The number of amides is 1. The van der Waals surface area contributed by atoms with Crippen molar-refractivity contribution in [3.63, 3.8) is 0 Å². The molecule has 1 unspecified atom stereocenters. The molecule has 9 heteroatoms. The first-order valence-electron chi connectivity index (χ1n) is 6.94. The van der Waals surface area contributed by atoms with E-state index in [9.17, 15) is 22.4 Å². The Morgan fingerprint density at radius 1 is 1.38 bits per heavy atom. The Balaban J connectivity index is 2.04. The molecule has 24 heavy (non-hydrogen) atoms. The molecule has 1 heterocycles. The van der Waals surface area contributed by atoms with Gasteiger partial charge in [0.1, 0.15) is 18.1 Å². The normalized spacial score (nSPS) is 12.8. The maximum absolute atomic E-state index is 13.4. The molecule has 0 saturated heterocycles. The third-order valence-corrected chi connectivity index (χ3v) is 3.27. The summed E-state index contributed by atoms with van der Waals surface area (Å²) in [5.74, 6) is -0.665. The van der Waals surface area contributed by atoms with Crippen LogP contribution < -0.4 is 10.1 Å². The number of nitrogens with zero attached hydrogens (tertiary/aromatic N) is 2. The maximum Gasteiger partial charge on any atom is 0.435 e. The van der Waals surface area contributed by atoms with E-state index < -0.39 is 36.2 Å². The number of carbonyl (C=O) groups excluding carboxylic acids is 1. The molecule has 5 nitrogen and oxygen atoms in total. The van der Waals surface area contributed by atoms with Gasteiger partial charge in [-0.3, -0.25) is 9.48 Å². The third-order valence-electron chi connectivity index (χ3n) is 3.27. The molecule has 0 aliphatic rings. The summed E-state index contributed by atoms with van der Waals surface area (Å²) >= 11 is 0. The van der Waals surface area contributed by atoms with Crippen molar-refractivity contribution in [2.75, 3.05) is 7.11 Å². The van der Waals surface area contributed by atoms with Crippen molar-refractivity contribution >= 4 is 5.91 Å². The fraction of sp³-hybridized carbons (Fsp3) is 0.333. The molecule has 1 amide bonds. The highest BCUT2D eigenvalue weighted by molar-refractivity contribution is 5.76. The van der Waals surface area contributed by atoms with Gasteiger partial charge >= 0.3 is 6.18 Å². The second kappa shape index (κ2) is 6.90. The van der Waals surface area contributed by atoms with Crippen molar-refractivity contribution in [3.05, 3.63) is 47.5 Å². The van der Waals surface area contributed by atoms with Crippen LogP contribution in [0.15, 0.2) is 30.5 Å². The van der Waals surface area contributed by atoms with Crippen molar-refractivity contribution in [2.45, 2.75) is 25.7 Å². The van der Waals surface area contributed by atoms with E-state index in [4.69, 9.17) is 4.74 Å². The number of alkyl halides is 3. The van der Waals surface area contributed by atoms with Crippen LogP contribution in [0.4, 0.5) is 17.6 Å². The number of hydrogen-bond acceptors (Lipinski definition) is 3. The summed E-state index contributed by atoms with van der Waals surface area (Å²) in [5.41, 5.74) is -0.655. The molecule has 0 radical (unpaired) electrons. The molecule has 1 aromatic heterocycles. The van der Waals surface area contributed by atoms with Crippen molar-refractivity contribution in [1.29, 1.82) is 0 Å². The predicted molar refractivity (Wildman–Crippen MR) is 76.7 cm³/mol. The highest BCUT2D eigenvalue weighted by atomic mass is 19.4. The van der Waals surface area contributed by atoms with E-state index in [0.29, 0.717) is 11.3 Å². The molecular formula is C15H15F4N3O2. The molecule has 0 aliphatic carbocycles. The number of aromatic nitrogens is 2. The fourth-order valence-corrected chi connectivity index (χ4v) is 2.16. The lowest BCUT2D eigenvalue weighted by molar-refractivity contribution is -0.141. The van der Waals surface area contributed by atoms with Crippen molar-refractivity contribution in [3.8, 4) is 5.75 Å². The van der Waals surface area contributed by atoms with E-state index in [1.54, 1.807) is 6.92 Å². The molecule has 0 bridgehead atoms. The van der Waals surface area contributed by atoms with E-state index in [2.05, 4.69) is 10.4 Å². The zero-order valence-corrected chi connectivity index (χ0v) is 12.9. The second-order valence-electron chi connectivity index (χ2n) is 5.07. The van der Waals surface area contributed by atoms with Gasteiger partial charge in [-0.2, -0.15) is 18.3 Å². The van der Waals surface area contributed by atoms with E-state index in [1.165, 1.54) is 25.3 Å². The monoisotopic (exact) mass is 345 g/mol. The Labute approximate surface area is 135 Å². The standard InChI is InChI=1S/C15H15F4N3O2/c1-9(11-7-10(16)3-4-12(11)24-2)20-14(23)8-22-6-5-13(21-22)15(17,18)19/h3-7,9H,8H2,1-2H3,(H,20,23). The Bertz CT molecular complexity index is 728. The topological polar surface area (TPSA) is 56.1 Å². The Morgan fingerprint density at radius 3 is 2.67 bits per heavy atom. The van der Waals surface area contributed by atoms with Crippen LogP contribution in [0, 0.1) is 5.82 Å². The lowest BCUT2D eigenvalue weighted by Crippen LogP contribution is -2.30. The maximum atomic E-state index is 13.4. The van der Waals surface area contributed by atoms with Gasteiger partial charge in [0, 0.05) is 11.8 Å². The summed E-state index contributed by atoms with van der Waals surface area (Å²) in [5, 5.41) is 5.86. The second-order valence-corrected chi connectivity index (χ2v) is 5.07. The average molecular weight is 345 g/mol. The van der Waals surface area contributed by atoms with Gasteiger partial charge in [0.15, 0.2) is 5.69 Å². The number of ether oxygens (including phenoxy) is 1.